The number of nitrogens with two attached hydrogens (primary N) is 2. The summed E-state index contributed by atoms with van der Waals surface area (Å²) >= 11 is 0. The lowest BCUT2D eigenvalue weighted by atomic mass is 10.3. The van der Waals surface area contributed by atoms with E-state index >= 15 is 0 Å². The van der Waals surface area contributed by atoms with E-state index in [9.17, 15) is 0 Å². The number of rotatable bonds is 4. The summed E-state index contributed by atoms with van der Waals surface area (Å²) in [6.07, 6.45) is 0.962. The molecule has 11 heavy (non-hydrogen) atoms. The highest BCUT2D eigenvalue weighted by atomic mass is 16.5. The van der Waals surface area contributed by atoms with Gasteiger partial charge in [-0.3, -0.25) is 0 Å². The van der Waals surface area contributed by atoms with Gasteiger partial charge in [0.05, 0.1) is 0 Å². The summed E-state index contributed by atoms with van der Waals surface area (Å²) in [7, 11) is 0. The van der Waals surface area contributed by atoms with Gasteiger partial charge in [-0.25, -0.2) is 4.99 Å². The van der Waals surface area contributed by atoms with Gasteiger partial charge in [-0.15, -0.1) is 0 Å². The molecule has 0 atom stereocenters. The minimum Gasteiger partial charge on any atom is -0.370 e. The number of nitrogens with zero attached hydrogens (tertiary/aromatic N) is 1. The van der Waals surface area contributed by atoms with Gasteiger partial charge in [-0.2, -0.15) is 0 Å². The second-order valence-corrected chi connectivity index (χ2v) is 2.83. The molecule has 0 spiro atoms. The van der Waals surface area contributed by atoms with Crippen molar-refractivity contribution in [2.75, 3.05) is 6.61 Å². The van der Waals surface area contributed by atoms with E-state index in [0.29, 0.717) is 6.61 Å². The molecule has 0 aliphatic rings. The molecule has 0 aromatic rings. The van der Waals surface area contributed by atoms with Crippen molar-refractivity contribution in [3.63, 3.8) is 0 Å². The van der Waals surface area contributed by atoms with E-state index in [1.165, 1.54) is 0 Å². The van der Waals surface area contributed by atoms with Crippen molar-refractivity contribution in [3.8, 4) is 0 Å². The lowest BCUT2D eigenvalue weighted by Gasteiger charge is -2.20. The molecule has 0 heterocycles. The summed E-state index contributed by atoms with van der Waals surface area (Å²) in [6, 6.07) is 0. The third-order valence-electron chi connectivity index (χ3n) is 1.06. The Morgan fingerprint density at radius 2 is 2.00 bits per heavy atom. The van der Waals surface area contributed by atoms with Crippen molar-refractivity contribution < 1.29 is 4.74 Å². The van der Waals surface area contributed by atoms with Crippen LogP contribution in [0.2, 0.25) is 0 Å². The van der Waals surface area contributed by atoms with Gasteiger partial charge in [-0.1, -0.05) is 6.92 Å². The van der Waals surface area contributed by atoms with Crippen molar-refractivity contribution in [2.24, 2.45) is 16.5 Å². The van der Waals surface area contributed by atoms with Crippen LogP contribution in [0, 0.1) is 0 Å². The van der Waals surface area contributed by atoms with E-state index in [4.69, 9.17) is 16.2 Å². The quantitative estimate of drug-likeness (QED) is 0.461. The predicted octanol–water partition coefficient (Wildman–Crippen LogP) is 0.423. The van der Waals surface area contributed by atoms with Crippen LogP contribution in [0.3, 0.4) is 0 Å². The molecule has 0 rings (SSSR count). The standard InChI is InChI=1S/C7H17N3O/c1-4-5-11-7(2,3)10-6(8)9/h4-5H2,1-3H3,(H4,8,9,10). The topological polar surface area (TPSA) is 73.6 Å². The fraction of sp³-hybridized carbons (Fsp3) is 0.857. The first-order chi connectivity index (χ1) is 4.98. The first-order valence-corrected chi connectivity index (χ1v) is 3.72. The van der Waals surface area contributed by atoms with Crippen molar-refractivity contribution >= 4 is 5.96 Å². The van der Waals surface area contributed by atoms with Crippen LogP contribution in [0.4, 0.5) is 0 Å². The van der Waals surface area contributed by atoms with E-state index in [1.807, 2.05) is 20.8 Å². The Hall–Kier alpha value is -0.770. The number of aliphatic imine (C=N–C) groups is 1. The maximum Gasteiger partial charge on any atom is 0.188 e. The third-order valence-corrected chi connectivity index (χ3v) is 1.06. The average molecular weight is 159 g/mol. The Bertz CT molecular complexity index is 139. The monoisotopic (exact) mass is 159 g/mol. The normalized spacial score (nSPS) is 11.2. The largest absolute Gasteiger partial charge is 0.370 e. The Kier molecular flexibility index (Phi) is 3.89. The summed E-state index contributed by atoms with van der Waals surface area (Å²) in [5.74, 6) is 0.0612. The molecular formula is C7H17N3O. The smallest absolute Gasteiger partial charge is 0.188 e. The highest BCUT2D eigenvalue weighted by molar-refractivity contribution is 5.76. The minimum absolute atomic E-state index is 0.0612. The van der Waals surface area contributed by atoms with Gasteiger partial charge in [0, 0.05) is 6.61 Å². The summed E-state index contributed by atoms with van der Waals surface area (Å²) < 4.78 is 5.34. The third kappa shape index (κ3) is 5.66. The Morgan fingerprint density at radius 3 is 2.36 bits per heavy atom. The van der Waals surface area contributed by atoms with Gasteiger partial charge in [0.25, 0.3) is 0 Å². The van der Waals surface area contributed by atoms with Crippen LogP contribution >= 0.6 is 0 Å². The molecule has 0 aromatic heterocycles. The van der Waals surface area contributed by atoms with Crippen LogP contribution in [-0.4, -0.2) is 18.3 Å². The van der Waals surface area contributed by atoms with E-state index in [-0.39, 0.29) is 5.96 Å². The molecule has 0 aliphatic heterocycles. The van der Waals surface area contributed by atoms with E-state index in [0.717, 1.165) is 6.42 Å². The molecule has 0 fully saturated rings. The summed E-state index contributed by atoms with van der Waals surface area (Å²) in [5.41, 5.74) is 9.81. The molecule has 0 amide bonds. The molecule has 0 unspecified atom stereocenters. The van der Waals surface area contributed by atoms with Crippen molar-refractivity contribution in [3.05, 3.63) is 0 Å². The van der Waals surface area contributed by atoms with E-state index < -0.39 is 5.72 Å². The molecule has 0 saturated carbocycles. The second kappa shape index (κ2) is 4.18. The highest BCUT2D eigenvalue weighted by Crippen LogP contribution is 2.10. The summed E-state index contributed by atoms with van der Waals surface area (Å²) in [5, 5.41) is 0. The number of hydrogen-bond donors (Lipinski definition) is 2. The lowest BCUT2D eigenvalue weighted by molar-refractivity contribution is -0.0100. The molecule has 0 aliphatic carbocycles. The summed E-state index contributed by atoms with van der Waals surface area (Å²) in [4.78, 5) is 3.90. The van der Waals surface area contributed by atoms with Gasteiger partial charge in [0.1, 0.15) is 0 Å². The van der Waals surface area contributed by atoms with E-state index in [1.54, 1.807) is 0 Å². The molecule has 4 heteroatoms. The van der Waals surface area contributed by atoms with E-state index in [2.05, 4.69) is 4.99 Å². The molecule has 66 valence electrons. The molecular weight excluding hydrogens is 142 g/mol. The number of guanidine groups is 1. The Morgan fingerprint density at radius 1 is 1.45 bits per heavy atom. The van der Waals surface area contributed by atoms with Crippen molar-refractivity contribution in [1.29, 1.82) is 0 Å². The van der Waals surface area contributed by atoms with Crippen molar-refractivity contribution in [2.45, 2.75) is 32.9 Å². The molecule has 0 radical (unpaired) electrons. The molecule has 0 aromatic carbocycles. The Labute approximate surface area is 67.6 Å². The van der Waals surface area contributed by atoms with Gasteiger partial charge in [-0.05, 0) is 20.3 Å². The summed E-state index contributed by atoms with van der Waals surface area (Å²) in [6.45, 7) is 6.35. The fourth-order valence-electron chi connectivity index (χ4n) is 0.695. The SMILES string of the molecule is CCCOC(C)(C)N=C(N)N. The molecule has 0 bridgehead atoms. The Balaban J connectivity index is 3.90. The average Bonchev–Trinajstić information content (AvgIpc) is 1.81. The van der Waals surface area contributed by atoms with Crippen molar-refractivity contribution in [1.82, 2.24) is 0 Å². The zero-order valence-corrected chi connectivity index (χ0v) is 7.42. The van der Waals surface area contributed by atoms with Crippen LogP contribution in [0.5, 0.6) is 0 Å². The zero-order valence-electron chi connectivity index (χ0n) is 7.42. The van der Waals surface area contributed by atoms with Crippen LogP contribution in [0.15, 0.2) is 4.99 Å². The predicted molar refractivity (Wildman–Crippen MR) is 46.1 cm³/mol. The molecule has 4 nitrogen and oxygen atoms in total. The second-order valence-electron chi connectivity index (χ2n) is 2.83. The first kappa shape index (κ1) is 10.2. The van der Waals surface area contributed by atoms with Gasteiger partial charge >= 0.3 is 0 Å². The molecule has 0 saturated heterocycles. The first-order valence-electron chi connectivity index (χ1n) is 3.72. The molecule has 4 N–H and O–H groups in total. The van der Waals surface area contributed by atoms with Crippen LogP contribution in [-0.2, 0) is 4.74 Å². The zero-order chi connectivity index (χ0) is 8.91. The lowest BCUT2D eigenvalue weighted by Crippen LogP contribution is -2.31. The van der Waals surface area contributed by atoms with Crippen LogP contribution in [0.25, 0.3) is 0 Å². The fourth-order valence-corrected chi connectivity index (χ4v) is 0.695. The van der Waals surface area contributed by atoms with Crippen LogP contribution in [0.1, 0.15) is 27.2 Å². The van der Waals surface area contributed by atoms with Crippen LogP contribution < -0.4 is 11.5 Å². The van der Waals surface area contributed by atoms with Gasteiger partial charge < -0.3 is 16.2 Å². The highest BCUT2D eigenvalue weighted by Gasteiger charge is 2.15. The number of hydrogen-bond acceptors (Lipinski definition) is 2. The maximum absolute atomic E-state index is 5.34. The van der Waals surface area contributed by atoms with Gasteiger partial charge in [0.2, 0.25) is 0 Å². The minimum atomic E-state index is -0.588. The van der Waals surface area contributed by atoms with Gasteiger partial charge in [0.15, 0.2) is 11.7 Å². The maximum atomic E-state index is 5.34. The number of ether oxygens (including phenoxy) is 1.